The summed E-state index contributed by atoms with van der Waals surface area (Å²) >= 11 is 8.21. The number of aryl methyl sites for hydroxylation is 2. The second-order valence-electron chi connectivity index (χ2n) is 8.69. The molecular weight excluding hydrogens is 508 g/mol. The van der Waals surface area contributed by atoms with Crippen molar-refractivity contribution in [3.8, 4) is 16.2 Å². The summed E-state index contributed by atoms with van der Waals surface area (Å²) in [4.78, 5) is 15.6. The van der Waals surface area contributed by atoms with E-state index >= 15 is 0 Å². The molecule has 0 unspecified atom stereocenters. The molecule has 0 fully saturated rings. The van der Waals surface area contributed by atoms with Gasteiger partial charge < -0.3 is 15.2 Å². The second kappa shape index (κ2) is 10.8. The number of ether oxygens (including phenoxy) is 1. The van der Waals surface area contributed by atoms with E-state index in [2.05, 4.69) is 32.0 Å². The molecule has 3 heterocycles. The number of benzene rings is 1. The summed E-state index contributed by atoms with van der Waals surface area (Å²) in [6, 6.07) is 5.57. The molecule has 0 saturated carbocycles. The molecular formula is C27H27ClN6O2S. The summed E-state index contributed by atoms with van der Waals surface area (Å²) in [5, 5.41) is 18.9. The van der Waals surface area contributed by atoms with E-state index in [9.17, 15) is 5.11 Å². The minimum atomic E-state index is 0.0603. The molecule has 10 heteroatoms. The number of nitrogens with one attached hydrogen (secondary N) is 1. The maximum absolute atomic E-state index is 9.30. The first kappa shape index (κ1) is 25.1. The van der Waals surface area contributed by atoms with Gasteiger partial charge in [-0.1, -0.05) is 24.3 Å². The van der Waals surface area contributed by atoms with Crippen LogP contribution in [0.1, 0.15) is 25.1 Å². The lowest BCUT2D eigenvalue weighted by molar-refractivity contribution is 0.269. The lowest BCUT2D eigenvalue weighted by Crippen LogP contribution is -2.09. The summed E-state index contributed by atoms with van der Waals surface area (Å²) in [7, 11) is 0. The van der Waals surface area contributed by atoms with Gasteiger partial charge in [0, 0.05) is 28.0 Å². The van der Waals surface area contributed by atoms with E-state index in [1.807, 2.05) is 55.1 Å². The summed E-state index contributed by atoms with van der Waals surface area (Å²) < 4.78 is 7.72. The number of rotatable bonds is 9. The number of fused-ring (bicyclic) bond motifs is 5. The molecule has 2 N–H and O–H groups in total. The van der Waals surface area contributed by atoms with Crippen molar-refractivity contribution in [3.63, 3.8) is 0 Å². The Morgan fingerprint density at radius 2 is 2.22 bits per heavy atom. The number of thiophene rings is 1. The monoisotopic (exact) mass is 534 g/mol. The van der Waals surface area contributed by atoms with E-state index in [4.69, 9.17) is 16.3 Å². The summed E-state index contributed by atoms with van der Waals surface area (Å²) in [6.45, 7) is 8.43. The number of nitrogens with zero attached hydrogens (tertiary/aromatic N) is 5. The SMILES string of the molecule is C=C(C)N=C(/C=C\C)COc1ccc(Nc2ncnc3sc4c(c23)CCc2nn(CCO)cc2-4)cc1Cl. The normalized spacial score (nSPS) is 13.1. The molecule has 0 atom stereocenters. The highest BCUT2D eigenvalue weighted by Crippen LogP contribution is 2.45. The van der Waals surface area contributed by atoms with Crippen LogP contribution in [0.15, 0.2) is 60.1 Å². The standard InChI is InChI=1S/C27H27ClN6O2S/c1-4-5-18(31-16(2)3)14-36-23-9-6-17(12-21(23)28)32-26-24-19-7-8-22-20(13-34(33-22)10-11-35)25(19)37-27(24)30-15-29-26/h4-6,9,12-13,15,35H,2,7-8,10-11,14H2,1,3H3,(H,29,30,32)/b5-4-,31-18?. The highest BCUT2D eigenvalue weighted by atomic mass is 35.5. The van der Waals surface area contributed by atoms with E-state index in [0.717, 1.165) is 51.5 Å². The van der Waals surface area contributed by atoms with Gasteiger partial charge in [-0.3, -0.25) is 9.67 Å². The Hall–Kier alpha value is -3.53. The summed E-state index contributed by atoms with van der Waals surface area (Å²) in [5.74, 6) is 1.31. The van der Waals surface area contributed by atoms with Crippen molar-refractivity contribution >= 4 is 50.4 Å². The third kappa shape index (κ3) is 5.29. The molecule has 8 nitrogen and oxygen atoms in total. The third-order valence-corrected chi connectivity index (χ3v) is 7.34. The zero-order chi connectivity index (χ0) is 25.9. The highest BCUT2D eigenvalue weighted by Gasteiger charge is 2.26. The number of anilines is 2. The fraction of sp³-hybridized carbons (Fsp3) is 0.259. The van der Waals surface area contributed by atoms with Crippen LogP contribution in [0.4, 0.5) is 11.5 Å². The van der Waals surface area contributed by atoms with Gasteiger partial charge in [-0.2, -0.15) is 5.10 Å². The molecule has 0 bridgehead atoms. The predicted octanol–water partition coefficient (Wildman–Crippen LogP) is 5.97. The van der Waals surface area contributed by atoms with Crippen molar-refractivity contribution in [3.05, 3.63) is 71.4 Å². The predicted molar refractivity (Wildman–Crippen MR) is 150 cm³/mol. The van der Waals surface area contributed by atoms with Crippen molar-refractivity contribution in [2.45, 2.75) is 33.2 Å². The van der Waals surface area contributed by atoms with Crippen LogP contribution in [0.2, 0.25) is 5.02 Å². The number of allylic oxidation sites excluding steroid dienone is 2. The first-order valence-electron chi connectivity index (χ1n) is 12.0. The van der Waals surface area contributed by atoms with Crippen molar-refractivity contribution < 1.29 is 9.84 Å². The van der Waals surface area contributed by atoms with Crippen LogP contribution in [-0.4, -0.2) is 43.8 Å². The third-order valence-electron chi connectivity index (χ3n) is 5.87. The number of hydrogen-bond donors (Lipinski definition) is 2. The molecule has 1 aliphatic carbocycles. The van der Waals surface area contributed by atoms with Gasteiger partial charge in [-0.25, -0.2) is 9.97 Å². The Balaban J connectivity index is 1.40. The molecule has 5 rings (SSSR count). The van der Waals surface area contributed by atoms with Crippen LogP contribution in [0.3, 0.4) is 0 Å². The van der Waals surface area contributed by atoms with Gasteiger partial charge >= 0.3 is 0 Å². The number of aliphatic hydroxyl groups excluding tert-OH is 1. The Morgan fingerprint density at radius 1 is 1.35 bits per heavy atom. The van der Waals surface area contributed by atoms with Crippen molar-refractivity contribution in [1.82, 2.24) is 19.7 Å². The van der Waals surface area contributed by atoms with Crippen LogP contribution in [-0.2, 0) is 19.4 Å². The number of aliphatic imine (C=N–C) groups is 1. The van der Waals surface area contributed by atoms with E-state index in [0.29, 0.717) is 23.0 Å². The molecule has 1 aliphatic rings. The molecule has 0 amide bonds. The van der Waals surface area contributed by atoms with Gasteiger partial charge in [0.05, 0.1) is 35.0 Å². The van der Waals surface area contributed by atoms with Crippen molar-refractivity contribution in [1.29, 1.82) is 0 Å². The van der Waals surface area contributed by atoms with Crippen LogP contribution < -0.4 is 10.1 Å². The minimum Gasteiger partial charge on any atom is -0.486 e. The second-order valence-corrected chi connectivity index (χ2v) is 10.1. The lowest BCUT2D eigenvalue weighted by atomic mass is 9.95. The molecule has 0 aliphatic heterocycles. The molecule has 3 aromatic heterocycles. The van der Waals surface area contributed by atoms with Gasteiger partial charge in [0.15, 0.2) is 0 Å². The van der Waals surface area contributed by atoms with Gasteiger partial charge in [0.25, 0.3) is 0 Å². The topological polar surface area (TPSA) is 97.5 Å². The average molecular weight is 535 g/mol. The van der Waals surface area contributed by atoms with Crippen molar-refractivity contribution in [2.24, 2.45) is 4.99 Å². The van der Waals surface area contributed by atoms with E-state index in [1.54, 1.807) is 17.7 Å². The quantitative estimate of drug-likeness (QED) is 0.257. The summed E-state index contributed by atoms with van der Waals surface area (Å²) in [6.07, 6.45) is 9.08. The average Bonchev–Trinajstić information content (AvgIpc) is 3.45. The van der Waals surface area contributed by atoms with Crippen LogP contribution >= 0.6 is 22.9 Å². The fourth-order valence-corrected chi connectivity index (χ4v) is 5.83. The highest BCUT2D eigenvalue weighted by molar-refractivity contribution is 7.22. The van der Waals surface area contributed by atoms with Gasteiger partial charge in [0.2, 0.25) is 0 Å². The smallest absolute Gasteiger partial charge is 0.142 e. The Morgan fingerprint density at radius 3 is 2.97 bits per heavy atom. The molecule has 0 saturated heterocycles. The molecule has 190 valence electrons. The maximum Gasteiger partial charge on any atom is 0.142 e. The van der Waals surface area contributed by atoms with Gasteiger partial charge in [-0.05, 0) is 56.5 Å². The Kier molecular flexibility index (Phi) is 7.36. The Labute approximate surface area is 224 Å². The van der Waals surface area contributed by atoms with Crippen LogP contribution in [0.5, 0.6) is 5.75 Å². The van der Waals surface area contributed by atoms with E-state index in [-0.39, 0.29) is 13.2 Å². The van der Waals surface area contributed by atoms with Gasteiger partial charge in [0.1, 0.15) is 29.3 Å². The number of halogens is 1. The largest absolute Gasteiger partial charge is 0.486 e. The zero-order valence-electron chi connectivity index (χ0n) is 20.7. The molecule has 0 spiro atoms. The minimum absolute atomic E-state index is 0.0603. The lowest BCUT2D eigenvalue weighted by Gasteiger charge is -2.13. The molecule has 37 heavy (non-hydrogen) atoms. The number of hydrogen-bond acceptors (Lipinski definition) is 8. The van der Waals surface area contributed by atoms with Crippen molar-refractivity contribution in [2.75, 3.05) is 18.5 Å². The maximum atomic E-state index is 9.30. The van der Waals surface area contributed by atoms with E-state index in [1.165, 1.54) is 10.4 Å². The summed E-state index contributed by atoms with van der Waals surface area (Å²) in [5.41, 5.74) is 5.67. The fourth-order valence-electron chi connectivity index (χ4n) is 4.38. The molecule has 4 aromatic rings. The first-order chi connectivity index (χ1) is 18.0. The van der Waals surface area contributed by atoms with E-state index < -0.39 is 0 Å². The molecule has 0 radical (unpaired) electrons. The van der Waals surface area contributed by atoms with Gasteiger partial charge in [-0.15, -0.1) is 11.3 Å². The van der Waals surface area contributed by atoms with Crippen LogP contribution in [0, 0.1) is 0 Å². The number of aliphatic hydroxyl groups is 1. The molecule has 1 aromatic carbocycles. The Bertz CT molecular complexity index is 1540. The number of aromatic nitrogens is 4. The first-order valence-corrected chi connectivity index (χ1v) is 13.1. The zero-order valence-corrected chi connectivity index (χ0v) is 22.2. The van der Waals surface area contributed by atoms with Crippen LogP contribution in [0.25, 0.3) is 20.7 Å².